The summed E-state index contributed by atoms with van der Waals surface area (Å²) in [7, 11) is 1.62. The molecule has 26 heteroatoms. The fraction of sp³-hybridized carbons (Fsp3) is 0.556. The first-order valence-electron chi connectivity index (χ1n) is 30.2. The van der Waals surface area contributed by atoms with Crippen molar-refractivity contribution in [3.8, 4) is 11.8 Å². The molecule has 0 saturated heterocycles. The largest absolute Gasteiger partial charge is 0.445 e. The minimum Gasteiger partial charge on any atom is -0.445 e. The van der Waals surface area contributed by atoms with Gasteiger partial charge in [-0.1, -0.05) is 68.2 Å². The monoisotopic (exact) mass is 1250 g/mol. The molecule has 9 amide bonds. The maximum Gasteiger partial charge on any atom is 0.410 e. The molecule has 3 aromatic carbocycles. The van der Waals surface area contributed by atoms with Gasteiger partial charge in [-0.2, -0.15) is 0 Å². The number of nitrogens with zero attached hydrogens (tertiary/aromatic N) is 2. The van der Waals surface area contributed by atoms with E-state index in [1.165, 1.54) is 4.90 Å². The van der Waals surface area contributed by atoms with Crippen LogP contribution in [0.3, 0.4) is 0 Å². The van der Waals surface area contributed by atoms with E-state index in [-0.39, 0.29) is 77.5 Å². The lowest BCUT2D eigenvalue weighted by molar-refractivity contribution is -0.134. The average Bonchev–Trinajstić information content (AvgIpc) is 1.25. The number of carbonyl (C=O) groups excluding carboxylic acids is 8. The SMILES string of the molecule is CCN(CC)C(=O)OCc1ccc(NC(=O)[C@H](CCCNC(N)=O)NC(=O)[C@@H](NC(=O)[C@H](CNC(=O)CCOCCOCCOCCOCCOCCOCCOCCOC)NC(=O)CCC(=O)N2Cc3ccccc3C#Cc3ccccc32)C(C)C)cc1. The number of ether oxygens (including phenoxy) is 9. The Morgan fingerprint density at radius 2 is 1.13 bits per heavy atom. The molecule has 490 valence electrons. The lowest BCUT2D eigenvalue weighted by Crippen LogP contribution is -2.59. The molecule has 0 bridgehead atoms. The topological polar surface area (TPSA) is 324 Å². The van der Waals surface area contributed by atoms with Crippen molar-refractivity contribution in [1.29, 1.82) is 0 Å². The van der Waals surface area contributed by atoms with Gasteiger partial charge < -0.3 is 90.1 Å². The van der Waals surface area contributed by atoms with Crippen molar-refractivity contribution >= 4 is 58.9 Å². The lowest BCUT2D eigenvalue weighted by atomic mass is 10.0. The molecule has 0 spiro atoms. The van der Waals surface area contributed by atoms with Crippen LogP contribution in [0.1, 0.15) is 82.1 Å². The summed E-state index contributed by atoms with van der Waals surface area (Å²) in [6, 6.07) is 16.6. The zero-order valence-corrected chi connectivity index (χ0v) is 52.0. The average molecular weight is 1250 g/mol. The summed E-state index contributed by atoms with van der Waals surface area (Å²) < 4.78 is 48.8. The maximum absolute atomic E-state index is 14.3. The van der Waals surface area contributed by atoms with Crippen LogP contribution in [0.25, 0.3) is 0 Å². The molecular weight excluding hydrogens is 1150 g/mol. The molecule has 1 aliphatic heterocycles. The second-order valence-corrected chi connectivity index (χ2v) is 20.5. The van der Waals surface area contributed by atoms with Gasteiger partial charge in [0.05, 0.1) is 111 Å². The predicted octanol–water partition coefficient (Wildman–Crippen LogP) is 3.16. The van der Waals surface area contributed by atoms with Gasteiger partial charge >= 0.3 is 12.1 Å². The van der Waals surface area contributed by atoms with Crippen LogP contribution in [-0.2, 0) is 84.6 Å². The van der Waals surface area contributed by atoms with Gasteiger partial charge in [0.2, 0.25) is 35.4 Å². The number of para-hydroxylation sites is 1. The van der Waals surface area contributed by atoms with Gasteiger partial charge in [0.15, 0.2) is 0 Å². The second kappa shape index (κ2) is 43.8. The Labute approximate surface area is 521 Å². The Hall–Kier alpha value is -7.74. The van der Waals surface area contributed by atoms with Gasteiger partial charge in [0.1, 0.15) is 24.7 Å². The van der Waals surface area contributed by atoms with E-state index in [4.69, 9.17) is 48.4 Å². The molecule has 0 aromatic heterocycles. The minimum atomic E-state index is -1.45. The zero-order valence-electron chi connectivity index (χ0n) is 52.0. The van der Waals surface area contributed by atoms with E-state index in [1.807, 2.05) is 50.2 Å². The van der Waals surface area contributed by atoms with Crippen molar-refractivity contribution in [3.63, 3.8) is 0 Å². The number of hydrogen-bond acceptors (Lipinski definition) is 17. The first kappa shape index (κ1) is 73.7. The minimum absolute atomic E-state index is 0.00162. The number of fused-ring (bicyclic) bond motifs is 2. The number of primary amides is 1. The molecule has 3 aromatic rings. The standard InChI is InChI=1S/C63H91N9O17/c1-6-71(7-2)63(80)89-45-47-18-22-51(23-19-47)67-59(76)52(16-12-27-65-62(64)79)69-61(78)58(46(3)4)70-60(77)53(68-56(74)24-25-57(75)72-44-50-15-9-8-13-48(50)20-21-49-14-10-11-17-54(49)72)43-66-55(73)26-28-82-31-32-84-35-36-86-39-40-88-42-41-87-38-37-85-34-33-83-30-29-81-5/h8-11,13-15,17-19,22-23,46,52-53,58H,6-7,12,16,24-45H2,1-5H3,(H,66,73)(H,67,76)(H,68,74)(H,69,78)(H,70,77)(H3,64,65,79)/t52-,53-,58-/m0/s1. The lowest BCUT2D eigenvalue weighted by Gasteiger charge is -2.28. The van der Waals surface area contributed by atoms with Crippen LogP contribution in [0.15, 0.2) is 72.8 Å². The third-order valence-electron chi connectivity index (χ3n) is 13.5. The molecular formula is C63H91N9O17. The van der Waals surface area contributed by atoms with Crippen molar-refractivity contribution < 1.29 is 81.0 Å². The third kappa shape index (κ3) is 29.9. The van der Waals surface area contributed by atoms with Crippen molar-refractivity contribution in [2.24, 2.45) is 11.7 Å². The predicted molar refractivity (Wildman–Crippen MR) is 330 cm³/mol. The van der Waals surface area contributed by atoms with Crippen LogP contribution >= 0.6 is 0 Å². The quantitative estimate of drug-likeness (QED) is 0.0316. The van der Waals surface area contributed by atoms with E-state index in [2.05, 4.69) is 43.7 Å². The first-order valence-corrected chi connectivity index (χ1v) is 30.2. The van der Waals surface area contributed by atoms with Gasteiger partial charge in [0, 0.05) is 69.4 Å². The van der Waals surface area contributed by atoms with Gasteiger partial charge in [-0.3, -0.25) is 28.8 Å². The summed E-state index contributed by atoms with van der Waals surface area (Å²) in [6.07, 6.45) is -0.915. The van der Waals surface area contributed by atoms with Crippen molar-refractivity contribution in [1.82, 2.24) is 31.5 Å². The molecule has 0 fully saturated rings. The fourth-order valence-corrected chi connectivity index (χ4v) is 8.54. The highest BCUT2D eigenvalue weighted by Gasteiger charge is 2.32. The molecule has 1 heterocycles. The Morgan fingerprint density at radius 3 is 1.71 bits per heavy atom. The summed E-state index contributed by atoms with van der Waals surface area (Å²) in [4.78, 5) is 110. The summed E-state index contributed by atoms with van der Waals surface area (Å²) in [6.45, 7) is 13.6. The summed E-state index contributed by atoms with van der Waals surface area (Å²) in [5, 5.41) is 16.0. The van der Waals surface area contributed by atoms with Gasteiger partial charge in [-0.05, 0) is 74.1 Å². The van der Waals surface area contributed by atoms with Gasteiger partial charge in [0.25, 0.3) is 0 Å². The number of methoxy groups -OCH3 is 1. The summed E-state index contributed by atoms with van der Waals surface area (Å²) >= 11 is 0. The molecule has 0 aliphatic carbocycles. The number of hydrogen-bond donors (Lipinski definition) is 7. The molecule has 0 unspecified atom stereocenters. The number of anilines is 2. The second-order valence-electron chi connectivity index (χ2n) is 20.5. The van der Waals surface area contributed by atoms with E-state index in [0.717, 1.165) is 11.1 Å². The Kier molecular flexibility index (Phi) is 36.3. The number of nitrogens with two attached hydrogens (primary N) is 1. The highest BCUT2D eigenvalue weighted by atomic mass is 16.6. The first-order chi connectivity index (χ1) is 43.1. The molecule has 89 heavy (non-hydrogen) atoms. The Bertz CT molecular complexity index is 2700. The van der Waals surface area contributed by atoms with E-state index in [9.17, 15) is 38.4 Å². The number of rotatable bonds is 45. The normalized spacial score (nSPS) is 12.5. The molecule has 0 radical (unpaired) electrons. The molecule has 1 aliphatic rings. The molecule has 4 rings (SSSR count). The number of carbonyl (C=O) groups is 8. The van der Waals surface area contributed by atoms with Crippen molar-refractivity contribution in [2.75, 3.05) is 143 Å². The third-order valence-corrected chi connectivity index (χ3v) is 13.5. The van der Waals surface area contributed by atoms with Crippen LogP contribution in [0.5, 0.6) is 0 Å². The van der Waals surface area contributed by atoms with Crippen LogP contribution in [0.4, 0.5) is 21.0 Å². The number of urea groups is 1. The fourth-order valence-electron chi connectivity index (χ4n) is 8.54. The summed E-state index contributed by atoms with van der Waals surface area (Å²) in [5.41, 5.74) is 9.10. The highest BCUT2D eigenvalue weighted by molar-refractivity contribution is 6.00. The molecule has 0 saturated carbocycles. The van der Waals surface area contributed by atoms with E-state index < -0.39 is 72.2 Å². The molecule has 26 nitrogen and oxygen atoms in total. The van der Waals surface area contributed by atoms with E-state index >= 15 is 0 Å². The Morgan fingerprint density at radius 1 is 0.584 bits per heavy atom. The maximum atomic E-state index is 14.3. The van der Waals surface area contributed by atoms with Crippen molar-refractivity contribution in [3.05, 3.63) is 95.1 Å². The van der Waals surface area contributed by atoms with E-state index in [1.54, 1.807) is 62.3 Å². The van der Waals surface area contributed by atoms with Gasteiger partial charge in [-0.25, -0.2) is 9.59 Å². The number of benzene rings is 3. The smallest absolute Gasteiger partial charge is 0.410 e. The molecule has 8 N–H and O–H groups in total. The van der Waals surface area contributed by atoms with Crippen LogP contribution in [0, 0.1) is 17.8 Å². The van der Waals surface area contributed by atoms with Crippen LogP contribution in [0.2, 0.25) is 0 Å². The number of nitrogens with one attached hydrogen (secondary N) is 6. The van der Waals surface area contributed by atoms with Gasteiger partial charge in [-0.15, -0.1) is 0 Å². The van der Waals surface area contributed by atoms with Crippen molar-refractivity contribution in [2.45, 2.75) is 91.1 Å². The summed E-state index contributed by atoms with van der Waals surface area (Å²) in [5.74, 6) is 1.99. The Balaban J connectivity index is 1.32. The van der Waals surface area contributed by atoms with E-state index in [0.29, 0.717) is 115 Å². The molecule has 3 atom stereocenters. The van der Waals surface area contributed by atoms with Crippen LogP contribution < -0.4 is 42.5 Å². The number of amides is 9. The van der Waals surface area contributed by atoms with Crippen LogP contribution in [-0.4, -0.2) is 203 Å². The highest BCUT2D eigenvalue weighted by Crippen LogP contribution is 2.26. The zero-order chi connectivity index (χ0) is 64.4.